The second-order valence-corrected chi connectivity index (χ2v) is 8.41. The van der Waals surface area contributed by atoms with Crippen molar-refractivity contribution in [1.82, 2.24) is 14.5 Å². The SMILES string of the molecule is O=C(Cn1cnc(-c2ccc(Cl)cc2)cc1=O)N1CCN(c2cccc(Cl)c2Cl)CC1. The summed E-state index contributed by atoms with van der Waals surface area (Å²) in [5.41, 5.74) is 1.91. The molecule has 0 saturated carbocycles. The van der Waals surface area contributed by atoms with Gasteiger partial charge in [0.05, 0.1) is 27.8 Å². The molecule has 0 atom stereocenters. The molecular formula is C22H19Cl3N4O2. The van der Waals surface area contributed by atoms with Crippen LogP contribution in [0.15, 0.2) is 59.7 Å². The Morgan fingerprint density at radius 2 is 1.68 bits per heavy atom. The maximum atomic E-state index is 12.7. The third-order valence-electron chi connectivity index (χ3n) is 5.23. The van der Waals surface area contributed by atoms with Gasteiger partial charge in [0.15, 0.2) is 0 Å². The van der Waals surface area contributed by atoms with E-state index in [2.05, 4.69) is 9.88 Å². The Balaban J connectivity index is 1.39. The van der Waals surface area contributed by atoms with E-state index in [0.29, 0.717) is 46.9 Å². The van der Waals surface area contributed by atoms with Crippen LogP contribution in [0.4, 0.5) is 5.69 Å². The number of hydrogen-bond acceptors (Lipinski definition) is 4. The molecule has 6 nitrogen and oxygen atoms in total. The molecule has 1 amide bonds. The molecule has 2 aromatic carbocycles. The minimum Gasteiger partial charge on any atom is -0.367 e. The summed E-state index contributed by atoms with van der Waals surface area (Å²) in [5, 5.41) is 1.63. The molecule has 3 aromatic rings. The van der Waals surface area contributed by atoms with Crippen molar-refractivity contribution in [2.24, 2.45) is 0 Å². The molecule has 160 valence electrons. The van der Waals surface area contributed by atoms with Gasteiger partial charge in [0.2, 0.25) is 5.91 Å². The average Bonchev–Trinajstić information content (AvgIpc) is 2.78. The molecule has 0 radical (unpaired) electrons. The first-order chi connectivity index (χ1) is 14.9. The zero-order valence-corrected chi connectivity index (χ0v) is 18.7. The zero-order chi connectivity index (χ0) is 22.0. The van der Waals surface area contributed by atoms with Gasteiger partial charge in [-0.05, 0) is 24.3 Å². The number of piperazine rings is 1. The molecule has 31 heavy (non-hydrogen) atoms. The Bertz CT molecular complexity index is 1160. The Kier molecular flexibility index (Phi) is 6.51. The van der Waals surface area contributed by atoms with Gasteiger partial charge in [0, 0.05) is 42.8 Å². The maximum absolute atomic E-state index is 12.7. The highest BCUT2D eigenvalue weighted by atomic mass is 35.5. The van der Waals surface area contributed by atoms with Gasteiger partial charge in [-0.25, -0.2) is 4.98 Å². The lowest BCUT2D eigenvalue weighted by Gasteiger charge is -2.36. The lowest BCUT2D eigenvalue weighted by Crippen LogP contribution is -2.50. The highest BCUT2D eigenvalue weighted by molar-refractivity contribution is 6.43. The van der Waals surface area contributed by atoms with Crippen molar-refractivity contribution in [1.29, 1.82) is 0 Å². The fourth-order valence-electron chi connectivity index (χ4n) is 3.50. The minimum atomic E-state index is -0.280. The van der Waals surface area contributed by atoms with E-state index in [-0.39, 0.29) is 18.0 Å². The van der Waals surface area contributed by atoms with Crippen LogP contribution in [0.2, 0.25) is 15.1 Å². The van der Waals surface area contributed by atoms with Crippen LogP contribution in [0, 0.1) is 0 Å². The van der Waals surface area contributed by atoms with E-state index in [9.17, 15) is 9.59 Å². The van der Waals surface area contributed by atoms with Crippen LogP contribution >= 0.6 is 34.8 Å². The smallest absolute Gasteiger partial charge is 0.254 e. The number of carbonyl (C=O) groups excluding carboxylic acids is 1. The van der Waals surface area contributed by atoms with Gasteiger partial charge in [-0.15, -0.1) is 0 Å². The van der Waals surface area contributed by atoms with E-state index in [4.69, 9.17) is 34.8 Å². The molecule has 0 N–H and O–H groups in total. The number of halogens is 3. The van der Waals surface area contributed by atoms with Crippen molar-refractivity contribution in [3.63, 3.8) is 0 Å². The molecule has 0 aliphatic carbocycles. The third-order valence-corrected chi connectivity index (χ3v) is 6.29. The van der Waals surface area contributed by atoms with E-state index in [1.807, 2.05) is 12.1 Å². The van der Waals surface area contributed by atoms with Crippen molar-refractivity contribution in [2.45, 2.75) is 6.54 Å². The van der Waals surface area contributed by atoms with Gasteiger partial charge < -0.3 is 9.80 Å². The van der Waals surface area contributed by atoms with Crippen LogP contribution < -0.4 is 10.5 Å². The number of amides is 1. The normalized spacial score (nSPS) is 14.0. The Hall–Kier alpha value is -2.54. The third kappa shape index (κ3) is 4.87. The van der Waals surface area contributed by atoms with Crippen molar-refractivity contribution >= 4 is 46.4 Å². The zero-order valence-electron chi connectivity index (χ0n) is 16.5. The molecule has 1 aliphatic heterocycles. The molecule has 0 unspecified atom stereocenters. The molecule has 4 rings (SSSR count). The summed E-state index contributed by atoms with van der Waals surface area (Å²) in [4.78, 5) is 33.4. The molecule has 0 bridgehead atoms. The summed E-state index contributed by atoms with van der Waals surface area (Å²) in [6, 6.07) is 14.0. The van der Waals surface area contributed by atoms with E-state index in [1.54, 1.807) is 35.2 Å². The number of rotatable bonds is 4. The molecule has 1 fully saturated rings. The quantitative estimate of drug-likeness (QED) is 0.564. The van der Waals surface area contributed by atoms with Gasteiger partial charge in [0.1, 0.15) is 6.54 Å². The lowest BCUT2D eigenvalue weighted by atomic mass is 10.1. The van der Waals surface area contributed by atoms with E-state index in [0.717, 1.165) is 11.3 Å². The minimum absolute atomic E-state index is 0.0509. The van der Waals surface area contributed by atoms with E-state index < -0.39 is 0 Å². The monoisotopic (exact) mass is 476 g/mol. The first-order valence-corrected chi connectivity index (χ1v) is 10.8. The van der Waals surface area contributed by atoms with Gasteiger partial charge in [-0.1, -0.05) is 53.0 Å². The van der Waals surface area contributed by atoms with Crippen LogP contribution in [0.1, 0.15) is 0 Å². The highest BCUT2D eigenvalue weighted by Gasteiger charge is 2.23. The summed E-state index contributed by atoms with van der Waals surface area (Å²) in [7, 11) is 0. The molecule has 1 aromatic heterocycles. The van der Waals surface area contributed by atoms with E-state index >= 15 is 0 Å². The fourth-order valence-corrected chi connectivity index (χ4v) is 4.04. The largest absolute Gasteiger partial charge is 0.367 e. The summed E-state index contributed by atoms with van der Waals surface area (Å²) in [5.74, 6) is -0.125. The number of hydrogen-bond donors (Lipinski definition) is 0. The summed E-state index contributed by atoms with van der Waals surface area (Å²) in [6.07, 6.45) is 1.41. The number of benzene rings is 2. The molecular weight excluding hydrogens is 459 g/mol. The van der Waals surface area contributed by atoms with Gasteiger partial charge in [0.25, 0.3) is 5.56 Å². The second kappa shape index (κ2) is 9.30. The number of carbonyl (C=O) groups is 1. The standard InChI is InChI=1S/C22H19Cl3N4O2/c23-16-6-4-15(5-7-16)18-12-20(30)29(14-26-18)13-21(31)28-10-8-27(9-11-28)19-3-1-2-17(24)22(19)25/h1-7,12,14H,8-11,13H2. The number of aromatic nitrogens is 2. The van der Waals surface area contributed by atoms with Crippen molar-refractivity contribution in [3.8, 4) is 11.3 Å². The van der Waals surface area contributed by atoms with Gasteiger partial charge in [-0.2, -0.15) is 0 Å². The topological polar surface area (TPSA) is 58.4 Å². The lowest BCUT2D eigenvalue weighted by molar-refractivity contribution is -0.132. The van der Waals surface area contributed by atoms with Gasteiger partial charge in [-0.3, -0.25) is 14.2 Å². The van der Waals surface area contributed by atoms with Crippen LogP contribution in [-0.2, 0) is 11.3 Å². The molecule has 9 heteroatoms. The molecule has 1 saturated heterocycles. The predicted molar refractivity (Wildman–Crippen MR) is 124 cm³/mol. The van der Waals surface area contributed by atoms with Gasteiger partial charge >= 0.3 is 0 Å². The summed E-state index contributed by atoms with van der Waals surface area (Å²) in [6.45, 7) is 2.28. The molecule has 1 aliphatic rings. The van der Waals surface area contributed by atoms with E-state index in [1.165, 1.54) is 17.0 Å². The van der Waals surface area contributed by atoms with Crippen LogP contribution in [-0.4, -0.2) is 46.5 Å². The maximum Gasteiger partial charge on any atom is 0.254 e. The molecule has 0 spiro atoms. The average molecular weight is 478 g/mol. The second-order valence-electron chi connectivity index (χ2n) is 7.19. The number of nitrogens with zero attached hydrogens (tertiary/aromatic N) is 4. The first kappa shape index (κ1) is 21.7. The van der Waals surface area contributed by atoms with Crippen LogP contribution in [0.5, 0.6) is 0 Å². The Morgan fingerprint density at radius 3 is 2.35 bits per heavy atom. The first-order valence-electron chi connectivity index (χ1n) is 9.71. The summed E-state index contributed by atoms with van der Waals surface area (Å²) < 4.78 is 1.32. The molecule has 2 heterocycles. The Labute approximate surface area is 194 Å². The van der Waals surface area contributed by atoms with Crippen LogP contribution in [0.25, 0.3) is 11.3 Å². The van der Waals surface area contributed by atoms with Crippen LogP contribution in [0.3, 0.4) is 0 Å². The van der Waals surface area contributed by atoms with Crippen molar-refractivity contribution in [3.05, 3.63) is 80.3 Å². The van der Waals surface area contributed by atoms with Crippen molar-refractivity contribution < 1.29 is 4.79 Å². The highest BCUT2D eigenvalue weighted by Crippen LogP contribution is 2.32. The fraction of sp³-hybridized carbons (Fsp3) is 0.227. The Morgan fingerprint density at radius 1 is 0.968 bits per heavy atom. The number of anilines is 1. The summed E-state index contributed by atoms with van der Waals surface area (Å²) >= 11 is 18.3. The predicted octanol–water partition coefficient (Wildman–Crippen LogP) is 4.22. The van der Waals surface area contributed by atoms with Crippen molar-refractivity contribution in [2.75, 3.05) is 31.1 Å².